The average molecular weight is 438 g/mol. The minimum absolute atomic E-state index is 0.144. The molecule has 0 unspecified atom stereocenters. The number of benzene rings is 3. The highest BCUT2D eigenvalue weighted by atomic mass is 79.9. The highest BCUT2D eigenvalue weighted by Crippen LogP contribution is 2.33. The Bertz CT molecular complexity index is 1020. The smallest absolute Gasteiger partial charge is 0.308 e. The first kappa shape index (κ1) is 19.8. The third kappa shape index (κ3) is 4.87. The maximum atomic E-state index is 12.6. The fraction of sp³-hybridized carbons (Fsp3) is 0.130. The van der Waals surface area contributed by atoms with Gasteiger partial charge in [-0.1, -0.05) is 64.5 Å². The minimum atomic E-state index is -0.404. The summed E-state index contributed by atoms with van der Waals surface area (Å²) in [6.45, 7) is 3.18. The van der Waals surface area contributed by atoms with Crippen molar-refractivity contribution in [3.8, 4) is 16.9 Å². The normalized spacial score (nSPS) is 10.4. The second-order valence-electron chi connectivity index (χ2n) is 6.42. The molecule has 1 amide bonds. The molecule has 0 aliphatic carbocycles. The summed E-state index contributed by atoms with van der Waals surface area (Å²) in [7, 11) is 0. The summed E-state index contributed by atoms with van der Waals surface area (Å²) in [4.78, 5) is 24.1. The van der Waals surface area contributed by atoms with Gasteiger partial charge in [-0.05, 0) is 41.8 Å². The van der Waals surface area contributed by atoms with E-state index in [9.17, 15) is 9.59 Å². The second-order valence-corrected chi connectivity index (χ2v) is 7.28. The van der Waals surface area contributed by atoms with Crippen molar-refractivity contribution >= 4 is 33.5 Å². The van der Waals surface area contributed by atoms with E-state index >= 15 is 0 Å². The van der Waals surface area contributed by atoms with Crippen LogP contribution in [0.25, 0.3) is 11.1 Å². The van der Waals surface area contributed by atoms with Crippen molar-refractivity contribution in [2.75, 3.05) is 5.32 Å². The first-order valence-corrected chi connectivity index (χ1v) is 9.65. The SMILES string of the molecule is CC(=O)Oc1cc(-c2ccccc2)cc(NC(=O)Cc2ccccc2Br)c1C. The van der Waals surface area contributed by atoms with Crippen molar-refractivity contribution < 1.29 is 14.3 Å². The fourth-order valence-electron chi connectivity index (χ4n) is 2.88. The van der Waals surface area contributed by atoms with Crippen LogP contribution in [0.1, 0.15) is 18.1 Å². The molecule has 3 aromatic rings. The number of hydrogen-bond acceptors (Lipinski definition) is 3. The highest BCUT2D eigenvalue weighted by Gasteiger charge is 2.14. The molecule has 0 atom stereocenters. The van der Waals surface area contributed by atoms with Crippen LogP contribution in [0.4, 0.5) is 5.69 Å². The van der Waals surface area contributed by atoms with Gasteiger partial charge in [0.1, 0.15) is 5.75 Å². The largest absolute Gasteiger partial charge is 0.426 e. The number of carbonyl (C=O) groups is 2. The summed E-state index contributed by atoms with van der Waals surface area (Å²) in [5.74, 6) is -0.113. The van der Waals surface area contributed by atoms with Crippen molar-refractivity contribution in [2.24, 2.45) is 0 Å². The Morgan fingerprint density at radius 3 is 2.32 bits per heavy atom. The van der Waals surface area contributed by atoms with Gasteiger partial charge >= 0.3 is 5.97 Å². The molecule has 0 spiro atoms. The predicted molar refractivity (Wildman–Crippen MR) is 114 cm³/mol. The minimum Gasteiger partial charge on any atom is -0.426 e. The topological polar surface area (TPSA) is 55.4 Å². The summed E-state index contributed by atoms with van der Waals surface area (Å²) >= 11 is 3.47. The number of anilines is 1. The van der Waals surface area contributed by atoms with Gasteiger partial charge in [-0.2, -0.15) is 0 Å². The van der Waals surface area contributed by atoms with Crippen molar-refractivity contribution in [1.29, 1.82) is 0 Å². The lowest BCUT2D eigenvalue weighted by molar-refractivity contribution is -0.131. The summed E-state index contributed by atoms with van der Waals surface area (Å²) in [6.07, 6.45) is 0.235. The van der Waals surface area contributed by atoms with Crippen molar-refractivity contribution in [1.82, 2.24) is 0 Å². The van der Waals surface area contributed by atoms with Crippen LogP contribution in [0.15, 0.2) is 71.2 Å². The Hall–Kier alpha value is -2.92. The molecule has 3 aromatic carbocycles. The van der Waals surface area contributed by atoms with Gasteiger partial charge in [0.15, 0.2) is 0 Å². The van der Waals surface area contributed by atoms with Crippen LogP contribution in [0.5, 0.6) is 5.75 Å². The van der Waals surface area contributed by atoms with Gasteiger partial charge in [0.05, 0.1) is 6.42 Å². The molecule has 5 heteroatoms. The Labute approximate surface area is 172 Å². The Morgan fingerprint density at radius 2 is 1.64 bits per heavy atom. The summed E-state index contributed by atoms with van der Waals surface area (Å²) in [5.41, 5.74) is 4.05. The van der Waals surface area contributed by atoms with E-state index in [1.54, 1.807) is 0 Å². The maximum absolute atomic E-state index is 12.6. The number of nitrogens with one attached hydrogen (secondary N) is 1. The van der Waals surface area contributed by atoms with E-state index in [0.29, 0.717) is 17.0 Å². The second kappa shape index (κ2) is 8.85. The van der Waals surface area contributed by atoms with Gasteiger partial charge in [0.25, 0.3) is 0 Å². The molecule has 142 valence electrons. The molecule has 0 radical (unpaired) electrons. The Balaban J connectivity index is 1.93. The molecule has 1 N–H and O–H groups in total. The van der Waals surface area contributed by atoms with Crippen LogP contribution in [0, 0.1) is 6.92 Å². The van der Waals surface area contributed by atoms with Crippen LogP contribution in [-0.2, 0) is 16.0 Å². The summed E-state index contributed by atoms with van der Waals surface area (Å²) < 4.78 is 6.26. The van der Waals surface area contributed by atoms with E-state index in [2.05, 4.69) is 21.2 Å². The monoisotopic (exact) mass is 437 g/mol. The zero-order chi connectivity index (χ0) is 20.1. The third-order valence-corrected chi connectivity index (χ3v) is 5.08. The van der Waals surface area contributed by atoms with E-state index in [-0.39, 0.29) is 12.3 Å². The number of carbonyl (C=O) groups excluding carboxylic acids is 2. The molecule has 3 rings (SSSR count). The van der Waals surface area contributed by atoms with Crippen molar-refractivity contribution in [2.45, 2.75) is 20.3 Å². The van der Waals surface area contributed by atoms with Crippen LogP contribution in [-0.4, -0.2) is 11.9 Å². The molecule has 28 heavy (non-hydrogen) atoms. The van der Waals surface area contributed by atoms with Gasteiger partial charge in [-0.3, -0.25) is 9.59 Å². The zero-order valence-corrected chi connectivity index (χ0v) is 17.2. The van der Waals surface area contributed by atoms with Crippen LogP contribution >= 0.6 is 15.9 Å². The molecule has 0 aliphatic heterocycles. The molecular weight excluding hydrogens is 418 g/mol. The van der Waals surface area contributed by atoms with E-state index in [1.165, 1.54) is 6.92 Å². The molecule has 0 saturated heterocycles. The molecular formula is C23H20BrNO3. The number of amides is 1. The number of hydrogen-bond donors (Lipinski definition) is 1. The van der Waals surface area contributed by atoms with Gasteiger partial charge in [-0.15, -0.1) is 0 Å². The molecule has 0 saturated carbocycles. The maximum Gasteiger partial charge on any atom is 0.308 e. The van der Waals surface area contributed by atoms with Gasteiger partial charge in [0.2, 0.25) is 5.91 Å². The predicted octanol–water partition coefficient (Wildman–Crippen LogP) is 5.53. The number of halogens is 1. The summed E-state index contributed by atoms with van der Waals surface area (Å²) in [5, 5.41) is 2.96. The molecule has 0 heterocycles. The molecule has 0 fully saturated rings. The van der Waals surface area contributed by atoms with Crippen molar-refractivity contribution in [3.63, 3.8) is 0 Å². The Morgan fingerprint density at radius 1 is 0.964 bits per heavy atom. The lowest BCUT2D eigenvalue weighted by Gasteiger charge is -2.15. The van der Waals surface area contributed by atoms with Gasteiger partial charge in [-0.25, -0.2) is 0 Å². The van der Waals surface area contributed by atoms with Crippen LogP contribution in [0.2, 0.25) is 0 Å². The fourth-order valence-corrected chi connectivity index (χ4v) is 3.31. The van der Waals surface area contributed by atoms with E-state index in [1.807, 2.05) is 73.7 Å². The highest BCUT2D eigenvalue weighted by molar-refractivity contribution is 9.10. The number of ether oxygens (including phenoxy) is 1. The third-order valence-electron chi connectivity index (χ3n) is 4.30. The van der Waals surface area contributed by atoms with Crippen molar-refractivity contribution in [3.05, 3.63) is 82.3 Å². The number of esters is 1. The quantitative estimate of drug-likeness (QED) is 0.421. The first-order valence-electron chi connectivity index (χ1n) is 8.86. The molecule has 0 aromatic heterocycles. The molecule has 0 bridgehead atoms. The van der Waals surface area contributed by atoms with E-state index in [0.717, 1.165) is 21.2 Å². The number of rotatable bonds is 5. The van der Waals surface area contributed by atoms with Gasteiger partial charge < -0.3 is 10.1 Å². The van der Waals surface area contributed by atoms with Crippen LogP contribution in [0.3, 0.4) is 0 Å². The zero-order valence-electron chi connectivity index (χ0n) is 15.7. The van der Waals surface area contributed by atoms with Crippen LogP contribution < -0.4 is 10.1 Å². The Kier molecular flexibility index (Phi) is 6.26. The first-order chi connectivity index (χ1) is 13.4. The van der Waals surface area contributed by atoms with E-state index < -0.39 is 5.97 Å². The lowest BCUT2D eigenvalue weighted by Crippen LogP contribution is -2.16. The lowest BCUT2D eigenvalue weighted by atomic mass is 10.0. The standard InChI is InChI=1S/C23H20BrNO3/c1-15-21(25-23(27)14-18-10-6-7-11-20(18)24)12-19(13-22(15)28-16(2)26)17-8-4-3-5-9-17/h3-13H,14H2,1-2H3,(H,25,27). The molecule has 4 nitrogen and oxygen atoms in total. The molecule has 0 aliphatic rings. The van der Waals surface area contributed by atoms with E-state index in [4.69, 9.17) is 4.74 Å². The average Bonchev–Trinajstić information content (AvgIpc) is 2.67. The van der Waals surface area contributed by atoms with Gasteiger partial charge in [0, 0.05) is 22.6 Å². The summed E-state index contributed by atoms with van der Waals surface area (Å²) in [6, 6.07) is 21.1.